The van der Waals surface area contributed by atoms with E-state index in [1.54, 1.807) is 12.1 Å². The molecule has 4 rings (SSSR count). The number of rotatable bonds is 10. The maximum absolute atomic E-state index is 13.7. The molecule has 1 fully saturated rings. The number of nitrogens with zero attached hydrogens (tertiary/aromatic N) is 1. The van der Waals surface area contributed by atoms with Gasteiger partial charge in [-0.15, -0.1) is 0 Å². The van der Waals surface area contributed by atoms with Gasteiger partial charge in [-0.05, 0) is 77.7 Å². The van der Waals surface area contributed by atoms with Crippen LogP contribution in [0.3, 0.4) is 0 Å². The van der Waals surface area contributed by atoms with E-state index in [9.17, 15) is 9.59 Å². The summed E-state index contributed by atoms with van der Waals surface area (Å²) in [4.78, 5) is 28.5. The minimum absolute atomic E-state index is 0.0399. The minimum Gasteiger partial charge on any atom is -0.350 e. The van der Waals surface area contributed by atoms with Gasteiger partial charge in [0.15, 0.2) is 0 Å². The Kier molecular flexibility index (Phi) is 10.6. The van der Waals surface area contributed by atoms with Gasteiger partial charge in [-0.25, -0.2) is 0 Å². The number of benzene rings is 3. The van der Waals surface area contributed by atoms with Crippen LogP contribution >= 0.6 is 34.2 Å². The summed E-state index contributed by atoms with van der Waals surface area (Å²) < 4.78 is 0.900. The molecule has 0 aromatic heterocycles. The van der Waals surface area contributed by atoms with Crippen LogP contribution in [0, 0.1) is 3.57 Å². The zero-order chi connectivity index (χ0) is 26.9. The fourth-order valence-electron chi connectivity index (χ4n) is 4.90. The highest BCUT2D eigenvalue weighted by Crippen LogP contribution is 2.27. The van der Waals surface area contributed by atoms with Crippen molar-refractivity contribution in [3.8, 4) is 0 Å². The third-order valence-electron chi connectivity index (χ3n) is 6.99. The van der Waals surface area contributed by atoms with Gasteiger partial charge < -0.3 is 21.3 Å². The molecule has 6 nitrogen and oxygen atoms in total. The summed E-state index contributed by atoms with van der Waals surface area (Å²) in [6.45, 7) is 2.14. The molecule has 0 spiro atoms. The number of nitrogens with one attached hydrogen (secondary N) is 2. The second-order valence-electron chi connectivity index (χ2n) is 9.63. The largest absolute Gasteiger partial charge is 0.350 e. The topological polar surface area (TPSA) is 87.5 Å². The lowest BCUT2D eigenvalue weighted by atomic mass is 9.90. The number of hydrogen-bond donors (Lipinski definition) is 3. The maximum atomic E-state index is 13.7. The van der Waals surface area contributed by atoms with Gasteiger partial charge in [0.2, 0.25) is 5.91 Å². The number of amides is 2. The Morgan fingerprint density at radius 1 is 1.08 bits per heavy atom. The summed E-state index contributed by atoms with van der Waals surface area (Å²) in [5.41, 5.74) is 8.69. The molecule has 8 heteroatoms. The van der Waals surface area contributed by atoms with Gasteiger partial charge in [0.25, 0.3) is 5.91 Å². The van der Waals surface area contributed by atoms with E-state index in [0.29, 0.717) is 43.2 Å². The van der Waals surface area contributed by atoms with Crippen LogP contribution in [0.15, 0.2) is 78.9 Å². The molecule has 2 atom stereocenters. The number of halogens is 2. The molecule has 38 heavy (non-hydrogen) atoms. The van der Waals surface area contributed by atoms with Crippen molar-refractivity contribution in [2.24, 2.45) is 5.73 Å². The first-order chi connectivity index (χ1) is 18.5. The summed E-state index contributed by atoms with van der Waals surface area (Å²) in [6.07, 6.45) is 2.14. The lowest BCUT2D eigenvalue weighted by molar-refractivity contribution is -0.133. The van der Waals surface area contributed by atoms with E-state index in [0.717, 1.165) is 16.4 Å². The Bertz CT molecular complexity index is 1170. The van der Waals surface area contributed by atoms with Crippen molar-refractivity contribution in [2.45, 2.75) is 37.3 Å². The van der Waals surface area contributed by atoms with Crippen LogP contribution in [0.5, 0.6) is 0 Å². The number of carbonyl (C=O) groups is 2. The number of carbonyl (C=O) groups excluding carboxylic acids is 2. The molecule has 3 aromatic carbocycles. The van der Waals surface area contributed by atoms with Gasteiger partial charge >= 0.3 is 0 Å². The zero-order valence-electron chi connectivity index (χ0n) is 21.3. The van der Waals surface area contributed by atoms with Crippen LogP contribution in [-0.4, -0.2) is 55.0 Å². The Balaban J connectivity index is 1.49. The molecular formula is C30H34ClIN4O2. The Morgan fingerprint density at radius 3 is 2.34 bits per heavy atom. The Hall–Kier alpha value is -2.46. The van der Waals surface area contributed by atoms with Gasteiger partial charge in [-0.1, -0.05) is 72.3 Å². The average molecular weight is 645 g/mol. The second kappa shape index (κ2) is 14.1. The van der Waals surface area contributed by atoms with Crippen LogP contribution < -0.4 is 16.4 Å². The first kappa shape index (κ1) is 28.5. The van der Waals surface area contributed by atoms with Gasteiger partial charge in [0.1, 0.15) is 0 Å². The third-order valence-corrected chi connectivity index (χ3v) is 8.56. The maximum Gasteiger partial charge on any atom is 0.251 e. The highest BCUT2D eigenvalue weighted by Gasteiger charge is 2.32. The van der Waals surface area contributed by atoms with Gasteiger partial charge in [-0.2, -0.15) is 0 Å². The van der Waals surface area contributed by atoms with Crippen molar-refractivity contribution < 1.29 is 9.59 Å². The summed E-state index contributed by atoms with van der Waals surface area (Å²) >= 11 is 8.34. The first-order valence-corrected chi connectivity index (χ1v) is 14.5. The highest BCUT2D eigenvalue weighted by atomic mass is 127. The molecule has 0 unspecified atom stereocenters. The molecule has 1 aliphatic heterocycles. The van der Waals surface area contributed by atoms with Crippen LogP contribution in [0.1, 0.15) is 46.7 Å². The van der Waals surface area contributed by atoms with E-state index < -0.39 is 0 Å². The predicted molar refractivity (Wildman–Crippen MR) is 161 cm³/mol. The van der Waals surface area contributed by atoms with Crippen molar-refractivity contribution in [1.29, 1.82) is 0 Å². The van der Waals surface area contributed by atoms with Crippen molar-refractivity contribution in [1.82, 2.24) is 15.5 Å². The molecule has 3 aromatic rings. The van der Waals surface area contributed by atoms with Crippen molar-refractivity contribution in [3.05, 3.63) is 104 Å². The minimum atomic E-state index is -0.345. The number of hydrogen-bond acceptors (Lipinski definition) is 4. The van der Waals surface area contributed by atoms with E-state index in [2.05, 4.69) is 57.5 Å². The molecule has 200 valence electrons. The van der Waals surface area contributed by atoms with Gasteiger partial charge in [0, 0.05) is 40.7 Å². The molecule has 2 amide bonds. The standard InChI is InChI=1S/C30H34ClIN4O2/c31-26-18-23(13-14-27(26)32)29(37)34-19-24-15-17-36(30(38)28(35-24)12-7-16-33)20-25(21-8-3-1-4-9-21)22-10-5-2-6-11-22/h1-6,8-11,13-14,18,24-25,28,35H,7,12,15-17,19-20,33H2,(H,34,37)/t24-,28-/m0/s1. The molecular weight excluding hydrogens is 611 g/mol. The predicted octanol–water partition coefficient (Wildman–Crippen LogP) is 4.80. The van der Waals surface area contributed by atoms with Crippen LogP contribution in [0.4, 0.5) is 0 Å². The quantitative estimate of drug-likeness (QED) is 0.277. The monoisotopic (exact) mass is 644 g/mol. The van der Waals surface area contributed by atoms with Crippen LogP contribution in [0.2, 0.25) is 5.02 Å². The normalized spacial score (nSPS) is 17.9. The third kappa shape index (κ3) is 7.56. The highest BCUT2D eigenvalue weighted by molar-refractivity contribution is 14.1. The van der Waals surface area contributed by atoms with E-state index in [-0.39, 0.29) is 29.8 Å². The van der Waals surface area contributed by atoms with Gasteiger partial charge in [0.05, 0.1) is 11.1 Å². The lowest BCUT2D eigenvalue weighted by Gasteiger charge is -2.29. The molecule has 4 N–H and O–H groups in total. The van der Waals surface area contributed by atoms with E-state index in [4.69, 9.17) is 17.3 Å². The molecule has 1 aliphatic rings. The molecule has 0 saturated carbocycles. The number of nitrogens with two attached hydrogens (primary N) is 1. The molecule has 0 bridgehead atoms. The average Bonchev–Trinajstić information content (AvgIpc) is 3.09. The molecule has 0 aliphatic carbocycles. The Labute approximate surface area is 243 Å². The van der Waals surface area contributed by atoms with Crippen LogP contribution in [0.25, 0.3) is 0 Å². The fourth-order valence-corrected chi connectivity index (χ4v) is 5.42. The lowest BCUT2D eigenvalue weighted by Crippen LogP contribution is -2.49. The molecule has 1 saturated heterocycles. The summed E-state index contributed by atoms with van der Waals surface area (Å²) in [6, 6.07) is 25.6. The van der Waals surface area contributed by atoms with E-state index in [1.165, 1.54) is 11.1 Å². The van der Waals surface area contributed by atoms with E-state index >= 15 is 0 Å². The summed E-state index contributed by atoms with van der Waals surface area (Å²) in [5.74, 6) is -0.0174. The first-order valence-electron chi connectivity index (χ1n) is 13.0. The van der Waals surface area contributed by atoms with E-state index in [1.807, 2.05) is 47.4 Å². The summed E-state index contributed by atoms with van der Waals surface area (Å²) in [5, 5.41) is 7.10. The smallest absolute Gasteiger partial charge is 0.251 e. The van der Waals surface area contributed by atoms with Crippen molar-refractivity contribution in [3.63, 3.8) is 0 Å². The van der Waals surface area contributed by atoms with Crippen molar-refractivity contribution in [2.75, 3.05) is 26.2 Å². The fraction of sp³-hybridized carbons (Fsp3) is 0.333. The second-order valence-corrected chi connectivity index (χ2v) is 11.2. The SMILES string of the molecule is NCCC[C@@H]1N[C@H](CNC(=O)c2ccc(I)c(Cl)c2)CCN(CC(c2ccccc2)c2ccccc2)C1=O. The van der Waals surface area contributed by atoms with Gasteiger partial charge in [-0.3, -0.25) is 9.59 Å². The Morgan fingerprint density at radius 2 is 1.74 bits per heavy atom. The molecule has 1 heterocycles. The van der Waals surface area contributed by atoms with Crippen molar-refractivity contribution >= 4 is 46.0 Å². The zero-order valence-corrected chi connectivity index (χ0v) is 24.2. The summed E-state index contributed by atoms with van der Waals surface area (Å²) in [7, 11) is 0. The molecule has 0 radical (unpaired) electrons. The van der Waals surface area contributed by atoms with Crippen LogP contribution in [-0.2, 0) is 4.79 Å².